The average molecular weight is 262 g/mol. The second-order valence-electron chi connectivity index (χ2n) is 2.13. The molecule has 0 heterocycles. The maximum Gasteiger partial charge on any atom is 0.133 e. The van der Waals surface area contributed by atoms with Crippen molar-refractivity contribution in [2.45, 2.75) is 0 Å². The van der Waals surface area contributed by atoms with Gasteiger partial charge in [0.25, 0.3) is 0 Å². The summed E-state index contributed by atoms with van der Waals surface area (Å²) in [6, 6.07) is 3.18. The molecule has 0 N–H and O–H groups in total. The summed E-state index contributed by atoms with van der Waals surface area (Å²) < 4.78 is 5.72. The zero-order chi connectivity index (χ0) is 9.84. The fourth-order valence-corrected chi connectivity index (χ4v) is 1.64. The van der Waals surface area contributed by atoms with Crippen LogP contribution in [0.2, 0.25) is 5.02 Å². The van der Waals surface area contributed by atoms with E-state index in [4.69, 9.17) is 21.9 Å². The normalized spacial score (nSPS) is 9.15. The monoisotopic (exact) mass is 261 g/mol. The molecule has 13 heavy (non-hydrogen) atoms. The van der Waals surface area contributed by atoms with E-state index in [1.54, 1.807) is 12.1 Å². The smallest absolute Gasteiger partial charge is 0.133 e. The van der Waals surface area contributed by atoms with Crippen LogP contribution in [0.25, 0.3) is 10.4 Å². The highest BCUT2D eigenvalue weighted by molar-refractivity contribution is 9.10. The van der Waals surface area contributed by atoms with Gasteiger partial charge in [0.05, 0.1) is 22.3 Å². The Balaban J connectivity index is 3.29. The summed E-state index contributed by atoms with van der Waals surface area (Å²) in [6.07, 6.45) is 0. The Bertz CT molecular complexity index is 376. The first-order chi connectivity index (χ1) is 6.19. The van der Waals surface area contributed by atoms with Crippen LogP contribution in [0, 0.1) is 0 Å². The van der Waals surface area contributed by atoms with E-state index in [1.165, 1.54) is 7.11 Å². The van der Waals surface area contributed by atoms with Gasteiger partial charge in [-0.2, -0.15) is 0 Å². The van der Waals surface area contributed by atoms with Gasteiger partial charge in [-0.1, -0.05) is 16.7 Å². The molecule has 0 spiro atoms. The van der Waals surface area contributed by atoms with Crippen LogP contribution in [0.4, 0.5) is 5.69 Å². The van der Waals surface area contributed by atoms with E-state index >= 15 is 0 Å². The minimum Gasteiger partial charge on any atom is -0.496 e. The fraction of sp³-hybridized carbons (Fsp3) is 0.143. The molecular weight excluding hydrogens is 257 g/mol. The maximum atomic E-state index is 8.22. The molecule has 68 valence electrons. The lowest BCUT2D eigenvalue weighted by Crippen LogP contribution is -1.83. The molecule has 0 aromatic heterocycles. The van der Waals surface area contributed by atoms with Crippen molar-refractivity contribution < 1.29 is 4.74 Å². The highest BCUT2D eigenvalue weighted by Crippen LogP contribution is 2.35. The molecule has 0 amide bonds. The predicted molar refractivity (Wildman–Crippen MR) is 54.5 cm³/mol. The van der Waals surface area contributed by atoms with Gasteiger partial charge in [0.15, 0.2) is 0 Å². The average Bonchev–Trinajstić information content (AvgIpc) is 2.10. The molecule has 0 unspecified atom stereocenters. The lowest BCUT2D eigenvalue weighted by Gasteiger charge is -2.04. The van der Waals surface area contributed by atoms with Crippen molar-refractivity contribution in [2.24, 2.45) is 5.11 Å². The maximum absolute atomic E-state index is 8.22. The molecule has 0 fully saturated rings. The number of hydrogen-bond donors (Lipinski definition) is 0. The Morgan fingerprint density at radius 3 is 2.85 bits per heavy atom. The Kier molecular flexibility index (Phi) is 3.42. The van der Waals surface area contributed by atoms with Crippen molar-refractivity contribution in [2.75, 3.05) is 7.11 Å². The number of hydrogen-bond acceptors (Lipinski definition) is 2. The lowest BCUT2D eigenvalue weighted by atomic mass is 10.3. The minimum atomic E-state index is 0.351. The number of halogens is 2. The third kappa shape index (κ3) is 2.28. The van der Waals surface area contributed by atoms with Gasteiger partial charge in [-0.3, -0.25) is 0 Å². The molecule has 0 saturated heterocycles. The first-order valence-electron chi connectivity index (χ1n) is 3.27. The summed E-state index contributed by atoms with van der Waals surface area (Å²) in [5.41, 5.74) is 8.58. The molecular formula is C7H5BrClN3O. The van der Waals surface area contributed by atoms with E-state index in [0.29, 0.717) is 16.5 Å². The van der Waals surface area contributed by atoms with Crippen LogP contribution in [0.5, 0.6) is 5.75 Å². The Hall–Kier alpha value is -0.900. The van der Waals surface area contributed by atoms with Crippen LogP contribution < -0.4 is 4.74 Å². The van der Waals surface area contributed by atoms with E-state index in [-0.39, 0.29) is 0 Å². The summed E-state index contributed by atoms with van der Waals surface area (Å²) in [7, 11) is 1.52. The number of nitrogens with zero attached hydrogens (tertiary/aromatic N) is 3. The molecule has 4 nitrogen and oxygen atoms in total. The van der Waals surface area contributed by atoms with E-state index < -0.39 is 0 Å². The zero-order valence-electron chi connectivity index (χ0n) is 6.66. The van der Waals surface area contributed by atoms with E-state index in [2.05, 4.69) is 26.0 Å². The Morgan fingerprint density at radius 1 is 1.62 bits per heavy atom. The minimum absolute atomic E-state index is 0.351. The highest BCUT2D eigenvalue weighted by atomic mass is 79.9. The molecule has 0 aliphatic carbocycles. The SMILES string of the molecule is COc1cc(N=[N+]=[N-])c(Cl)cc1Br. The fourth-order valence-electron chi connectivity index (χ4n) is 0.800. The largest absolute Gasteiger partial charge is 0.496 e. The van der Waals surface area contributed by atoms with Crippen molar-refractivity contribution in [3.8, 4) is 5.75 Å². The van der Waals surface area contributed by atoms with Gasteiger partial charge in [0, 0.05) is 4.91 Å². The zero-order valence-corrected chi connectivity index (χ0v) is 9.00. The standard InChI is InChI=1S/C7H5BrClN3O/c1-13-7-3-6(11-12-10)5(9)2-4(7)8/h2-3H,1H3. The van der Waals surface area contributed by atoms with Crippen molar-refractivity contribution >= 4 is 33.2 Å². The van der Waals surface area contributed by atoms with Crippen LogP contribution in [0.1, 0.15) is 0 Å². The molecule has 0 aliphatic heterocycles. The van der Waals surface area contributed by atoms with Crippen molar-refractivity contribution in [3.63, 3.8) is 0 Å². The van der Waals surface area contributed by atoms with Gasteiger partial charge in [0.2, 0.25) is 0 Å². The summed E-state index contributed by atoms with van der Waals surface area (Å²) >= 11 is 9.04. The van der Waals surface area contributed by atoms with E-state index in [1.807, 2.05) is 0 Å². The first kappa shape index (κ1) is 10.2. The molecule has 0 bridgehead atoms. The summed E-state index contributed by atoms with van der Waals surface area (Å²) in [4.78, 5) is 2.64. The molecule has 0 aliphatic rings. The number of methoxy groups -OCH3 is 1. The van der Waals surface area contributed by atoms with E-state index in [9.17, 15) is 0 Å². The van der Waals surface area contributed by atoms with Gasteiger partial charge in [-0.05, 0) is 33.6 Å². The number of ether oxygens (including phenoxy) is 1. The van der Waals surface area contributed by atoms with Crippen LogP contribution in [-0.4, -0.2) is 7.11 Å². The van der Waals surface area contributed by atoms with Crippen molar-refractivity contribution in [3.05, 3.63) is 32.1 Å². The molecule has 1 aromatic rings. The van der Waals surface area contributed by atoms with Crippen molar-refractivity contribution in [1.82, 2.24) is 0 Å². The quantitative estimate of drug-likeness (QED) is 0.450. The Morgan fingerprint density at radius 2 is 2.31 bits per heavy atom. The molecule has 6 heteroatoms. The van der Waals surface area contributed by atoms with Crippen LogP contribution >= 0.6 is 27.5 Å². The lowest BCUT2D eigenvalue weighted by molar-refractivity contribution is 0.412. The molecule has 1 aromatic carbocycles. The molecule has 0 saturated carbocycles. The third-order valence-electron chi connectivity index (χ3n) is 1.37. The van der Waals surface area contributed by atoms with Gasteiger partial charge in [-0.25, -0.2) is 0 Å². The molecule has 0 atom stereocenters. The Labute approximate surface area is 88.2 Å². The van der Waals surface area contributed by atoms with Crippen LogP contribution in [0.3, 0.4) is 0 Å². The second-order valence-corrected chi connectivity index (χ2v) is 3.39. The predicted octanol–water partition coefficient (Wildman–Crippen LogP) is 4.05. The second kappa shape index (κ2) is 4.37. The summed E-state index contributed by atoms with van der Waals surface area (Å²) in [5, 5.41) is 3.78. The van der Waals surface area contributed by atoms with Crippen LogP contribution in [-0.2, 0) is 0 Å². The molecule has 0 radical (unpaired) electrons. The van der Waals surface area contributed by atoms with Gasteiger partial charge in [-0.15, -0.1) is 0 Å². The summed E-state index contributed by atoms with van der Waals surface area (Å²) in [6.45, 7) is 0. The third-order valence-corrected chi connectivity index (χ3v) is 2.30. The van der Waals surface area contributed by atoms with Crippen LogP contribution in [0.15, 0.2) is 21.7 Å². The number of azide groups is 1. The molecule has 1 rings (SSSR count). The van der Waals surface area contributed by atoms with Gasteiger partial charge < -0.3 is 4.74 Å². The topological polar surface area (TPSA) is 58.0 Å². The number of benzene rings is 1. The van der Waals surface area contributed by atoms with E-state index in [0.717, 1.165) is 4.47 Å². The highest BCUT2D eigenvalue weighted by Gasteiger charge is 2.05. The van der Waals surface area contributed by atoms with Crippen molar-refractivity contribution in [1.29, 1.82) is 0 Å². The number of rotatable bonds is 2. The van der Waals surface area contributed by atoms with Gasteiger partial charge >= 0.3 is 0 Å². The summed E-state index contributed by atoms with van der Waals surface area (Å²) in [5.74, 6) is 0.576. The first-order valence-corrected chi connectivity index (χ1v) is 4.44. The van der Waals surface area contributed by atoms with Gasteiger partial charge in [0.1, 0.15) is 5.75 Å².